The van der Waals surface area contributed by atoms with Crippen LogP contribution in [-0.2, 0) is 6.54 Å². The smallest absolute Gasteiger partial charge is 0.261 e. The molecule has 0 bridgehead atoms. The predicted octanol–water partition coefficient (Wildman–Crippen LogP) is 3.08. The summed E-state index contributed by atoms with van der Waals surface area (Å²) in [4.78, 5) is 27.9. The van der Waals surface area contributed by atoms with Crippen LogP contribution in [0.15, 0.2) is 41.6 Å². The molecule has 2 aliphatic rings. The standard InChI is InChI=1S/C20H20FN5O/c21-15-10-22-12-23-18(15)25-9-3-6-17(25)19-24-16-5-2-1-4-14(16)20(27)26(19)11-13-7-8-13/h1-2,4-5,10,12-13,17H,3,6-9,11H2. The number of halogens is 1. The van der Waals surface area contributed by atoms with Crippen LogP contribution in [0.4, 0.5) is 10.2 Å². The quantitative estimate of drug-likeness (QED) is 0.711. The molecule has 1 aliphatic heterocycles. The van der Waals surface area contributed by atoms with Gasteiger partial charge < -0.3 is 4.90 Å². The van der Waals surface area contributed by atoms with E-state index in [4.69, 9.17) is 4.98 Å². The van der Waals surface area contributed by atoms with Gasteiger partial charge in [-0.2, -0.15) is 0 Å². The maximum atomic E-state index is 14.3. The summed E-state index contributed by atoms with van der Waals surface area (Å²) in [5.41, 5.74) is 0.692. The van der Waals surface area contributed by atoms with E-state index in [0.717, 1.165) is 31.5 Å². The van der Waals surface area contributed by atoms with Crippen LogP contribution in [0, 0.1) is 11.7 Å². The molecule has 0 radical (unpaired) electrons. The third-order valence-corrected chi connectivity index (χ3v) is 5.50. The lowest BCUT2D eigenvalue weighted by Crippen LogP contribution is -2.33. The molecule has 3 heterocycles. The summed E-state index contributed by atoms with van der Waals surface area (Å²) in [7, 11) is 0. The third kappa shape index (κ3) is 2.87. The number of benzene rings is 1. The van der Waals surface area contributed by atoms with Crippen molar-refractivity contribution < 1.29 is 4.39 Å². The lowest BCUT2D eigenvalue weighted by Gasteiger charge is -2.27. The highest BCUT2D eigenvalue weighted by molar-refractivity contribution is 5.77. The SMILES string of the molecule is O=c1c2ccccc2nc(C2CCCN2c2ncncc2F)n1CC1CC1. The van der Waals surface area contributed by atoms with Crippen molar-refractivity contribution in [1.29, 1.82) is 0 Å². The second kappa shape index (κ2) is 6.40. The van der Waals surface area contributed by atoms with Gasteiger partial charge in [-0.05, 0) is 43.7 Å². The van der Waals surface area contributed by atoms with Gasteiger partial charge in [0.05, 0.1) is 23.1 Å². The zero-order chi connectivity index (χ0) is 18.4. The van der Waals surface area contributed by atoms with Gasteiger partial charge in [0.25, 0.3) is 5.56 Å². The monoisotopic (exact) mass is 365 g/mol. The Morgan fingerprint density at radius 2 is 2.04 bits per heavy atom. The average molecular weight is 365 g/mol. The molecule has 1 unspecified atom stereocenters. The van der Waals surface area contributed by atoms with Crippen LogP contribution in [0.1, 0.15) is 37.5 Å². The number of aromatic nitrogens is 4. The molecule has 2 aromatic heterocycles. The molecule has 5 rings (SSSR count). The summed E-state index contributed by atoms with van der Waals surface area (Å²) in [6, 6.07) is 7.29. The first-order valence-corrected chi connectivity index (χ1v) is 9.44. The fourth-order valence-corrected chi connectivity index (χ4v) is 3.98. The van der Waals surface area contributed by atoms with Gasteiger partial charge in [0.15, 0.2) is 11.6 Å². The van der Waals surface area contributed by atoms with Crippen LogP contribution in [0.5, 0.6) is 0 Å². The highest BCUT2D eigenvalue weighted by atomic mass is 19.1. The number of nitrogens with zero attached hydrogens (tertiary/aromatic N) is 5. The second-order valence-electron chi connectivity index (χ2n) is 7.39. The second-order valence-corrected chi connectivity index (χ2v) is 7.39. The zero-order valence-electron chi connectivity index (χ0n) is 14.9. The number of anilines is 1. The van der Waals surface area contributed by atoms with E-state index in [1.165, 1.54) is 12.5 Å². The van der Waals surface area contributed by atoms with Crippen LogP contribution in [-0.4, -0.2) is 26.1 Å². The first-order chi connectivity index (χ1) is 13.2. The summed E-state index contributed by atoms with van der Waals surface area (Å²) >= 11 is 0. The van der Waals surface area contributed by atoms with Crippen LogP contribution in [0.25, 0.3) is 10.9 Å². The average Bonchev–Trinajstić information content (AvgIpc) is 3.38. The molecular weight excluding hydrogens is 345 g/mol. The van der Waals surface area contributed by atoms with Gasteiger partial charge in [0.2, 0.25) is 0 Å². The van der Waals surface area contributed by atoms with Crippen molar-refractivity contribution in [2.45, 2.75) is 38.3 Å². The maximum absolute atomic E-state index is 14.3. The largest absolute Gasteiger partial charge is 0.344 e. The van der Waals surface area contributed by atoms with Crippen molar-refractivity contribution in [3.8, 4) is 0 Å². The minimum Gasteiger partial charge on any atom is -0.344 e. The number of para-hydroxylation sites is 1. The highest BCUT2D eigenvalue weighted by Crippen LogP contribution is 2.37. The molecule has 0 amide bonds. The van der Waals surface area contributed by atoms with E-state index >= 15 is 0 Å². The molecular formula is C20H20FN5O. The minimum absolute atomic E-state index is 0.00231. The van der Waals surface area contributed by atoms with Gasteiger partial charge in [-0.15, -0.1) is 0 Å². The minimum atomic E-state index is -0.443. The Balaban J connectivity index is 1.66. The van der Waals surface area contributed by atoms with Gasteiger partial charge in [-0.3, -0.25) is 9.36 Å². The number of rotatable bonds is 4. The first-order valence-electron chi connectivity index (χ1n) is 9.44. The van der Waals surface area contributed by atoms with Crippen LogP contribution in [0.3, 0.4) is 0 Å². The van der Waals surface area contributed by atoms with Gasteiger partial charge >= 0.3 is 0 Å². The molecule has 3 aromatic rings. The van der Waals surface area contributed by atoms with Crippen molar-refractivity contribution in [3.63, 3.8) is 0 Å². The molecule has 1 aliphatic carbocycles. The van der Waals surface area contributed by atoms with Crippen molar-refractivity contribution in [3.05, 3.63) is 58.8 Å². The predicted molar refractivity (Wildman–Crippen MR) is 100 cm³/mol. The van der Waals surface area contributed by atoms with Gasteiger partial charge in [0, 0.05) is 13.1 Å². The van der Waals surface area contributed by atoms with Crippen molar-refractivity contribution in [1.82, 2.24) is 19.5 Å². The normalized spacial score (nSPS) is 19.7. The summed E-state index contributed by atoms with van der Waals surface area (Å²) in [6.07, 6.45) is 6.56. The molecule has 0 spiro atoms. The van der Waals surface area contributed by atoms with E-state index in [-0.39, 0.29) is 17.4 Å². The van der Waals surface area contributed by atoms with Crippen molar-refractivity contribution in [2.24, 2.45) is 5.92 Å². The maximum Gasteiger partial charge on any atom is 0.261 e. The summed E-state index contributed by atoms with van der Waals surface area (Å²) in [6.45, 7) is 1.37. The molecule has 1 saturated carbocycles. The Morgan fingerprint density at radius 3 is 2.85 bits per heavy atom. The van der Waals surface area contributed by atoms with Crippen LogP contribution < -0.4 is 10.5 Å². The molecule has 1 aromatic carbocycles. The Kier molecular flexibility index (Phi) is 3.88. The summed E-state index contributed by atoms with van der Waals surface area (Å²) in [5, 5.41) is 0.639. The van der Waals surface area contributed by atoms with E-state index < -0.39 is 5.82 Å². The van der Waals surface area contributed by atoms with Crippen LogP contribution in [0.2, 0.25) is 0 Å². The lowest BCUT2D eigenvalue weighted by atomic mass is 10.1. The molecule has 27 heavy (non-hydrogen) atoms. The molecule has 0 N–H and O–H groups in total. The van der Waals surface area contributed by atoms with Gasteiger partial charge in [-0.1, -0.05) is 12.1 Å². The number of fused-ring (bicyclic) bond motifs is 1. The summed E-state index contributed by atoms with van der Waals surface area (Å²) < 4.78 is 16.1. The van der Waals surface area contributed by atoms with Crippen LogP contribution >= 0.6 is 0 Å². The number of hydrogen-bond acceptors (Lipinski definition) is 5. The van der Waals surface area contributed by atoms with E-state index in [9.17, 15) is 9.18 Å². The zero-order valence-corrected chi connectivity index (χ0v) is 14.9. The van der Waals surface area contributed by atoms with Crippen molar-refractivity contribution in [2.75, 3.05) is 11.4 Å². The summed E-state index contributed by atoms with van der Waals surface area (Å²) in [5.74, 6) is 1.10. The first kappa shape index (κ1) is 16.4. The highest BCUT2D eigenvalue weighted by Gasteiger charge is 2.34. The number of hydrogen-bond donors (Lipinski definition) is 0. The Morgan fingerprint density at radius 1 is 1.19 bits per heavy atom. The molecule has 1 saturated heterocycles. The molecule has 1 atom stereocenters. The molecule has 6 nitrogen and oxygen atoms in total. The molecule has 2 fully saturated rings. The molecule has 138 valence electrons. The van der Waals surface area contributed by atoms with Gasteiger partial charge in [-0.25, -0.2) is 19.3 Å². The Labute approximate surface area is 155 Å². The third-order valence-electron chi connectivity index (χ3n) is 5.50. The van der Waals surface area contributed by atoms with E-state index in [0.29, 0.717) is 29.9 Å². The van der Waals surface area contributed by atoms with E-state index in [2.05, 4.69) is 9.97 Å². The van der Waals surface area contributed by atoms with Crippen molar-refractivity contribution >= 4 is 16.7 Å². The fraction of sp³-hybridized carbons (Fsp3) is 0.400. The fourth-order valence-electron chi connectivity index (χ4n) is 3.98. The Hall–Kier alpha value is -2.83. The lowest BCUT2D eigenvalue weighted by molar-refractivity contribution is 0.519. The van der Waals surface area contributed by atoms with E-state index in [1.807, 2.05) is 33.7 Å². The molecule has 7 heteroatoms. The Bertz CT molecular complexity index is 1060. The van der Waals surface area contributed by atoms with E-state index in [1.54, 1.807) is 0 Å². The topological polar surface area (TPSA) is 63.9 Å². The van der Waals surface area contributed by atoms with Gasteiger partial charge in [0.1, 0.15) is 12.2 Å².